The van der Waals surface area contributed by atoms with Crippen LogP contribution in [0, 0.1) is 6.57 Å². The number of hydrogen-bond donors (Lipinski definition) is 0. The highest BCUT2D eigenvalue weighted by Gasteiger charge is 2.26. The highest BCUT2D eigenvalue weighted by atomic mass is 16.5. The van der Waals surface area contributed by atoms with E-state index in [-0.39, 0.29) is 12.1 Å². The van der Waals surface area contributed by atoms with Gasteiger partial charge in [0.25, 0.3) is 0 Å². The molecule has 1 aromatic carbocycles. The minimum Gasteiger partial charge on any atom is -0.495 e. The Bertz CT molecular complexity index is 1290. The third-order valence-electron chi connectivity index (χ3n) is 5.90. The molecule has 1 fully saturated rings. The third-order valence-corrected chi connectivity index (χ3v) is 5.90. The summed E-state index contributed by atoms with van der Waals surface area (Å²) in [6, 6.07) is 9.82. The third kappa shape index (κ3) is 3.60. The van der Waals surface area contributed by atoms with E-state index < -0.39 is 0 Å². The Morgan fingerprint density at radius 1 is 1.19 bits per heavy atom. The van der Waals surface area contributed by atoms with Crippen molar-refractivity contribution in [3.05, 3.63) is 65.7 Å². The average Bonchev–Trinajstić information content (AvgIpc) is 3.17. The van der Waals surface area contributed by atoms with Crippen LogP contribution in [0.15, 0.2) is 42.7 Å². The molecule has 0 amide bonds. The summed E-state index contributed by atoms with van der Waals surface area (Å²) in [6.45, 7) is 10.3. The van der Waals surface area contributed by atoms with Gasteiger partial charge < -0.3 is 14.0 Å². The number of aromatic nitrogens is 4. The van der Waals surface area contributed by atoms with Crippen molar-refractivity contribution >= 4 is 27.6 Å². The van der Waals surface area contributed by atoms with Crippen molar-refractivity contribution in [2.75, 3.05) is 13.7 Å². The van der Waals surface area contributed by atoms with Gasteiger partial charge in [-0.15, -0.1) is 0 Å². The molecular weight excluding hydrogens is 390 g/mol. The molecule has 7 nitrogen and oxygen atoms in total. The number of fused-ring (bicyclic) bond motifs is 3. The summed E-state index contributed by atoms with van der Waals surface area (Å²) >= 11 is 0. The Kier molecular flexibility index (Phi) is 5.00. The predicted octanol–water partition coefficient (Wildman–Crippen LogP) is 4.87. The molecule has 0 radical (unpaired) electrons. The summed E-state index contributed by atoms with van der Waals surface area (Å²) in [7, 11) is 1.64. The van der Waals surface area contributed by atoms with Crippen LogP contribution in [-0.4, -0.2) is 39.3 Å². The van der Waals surface area contributed by atoms with Gasteiger partial charge in [0.2, 0.25) is 0 Å². The summed E-state index contributed by atoms with van der Waals surface area (Å²) in [4.78, 5) is 17.7. The van der Waals surface area contributed by atoms with Crippen molar-refractivity contribution in [1.29, 1.82) is 0 Å². The van der Waals surface area contributed by atoms with Crippen molar-refractivity contribution in [1.82, 2.24) is 19.5 Å². The molecule has 0 saturated carbocycles. The van der Waals surface area contributed by atoms with Gasteiger partial charge in [0.05, 0.1) is 43.2 Å². The zero-order valence-corrected chi connectivity index (χ0v) is 17.6. The Morgan fingerprint density at radius 3 is 2.84 bits per heavy atom. The number of rotatable bonds is 4. The maximum Gasteiger partial charge on any atom is 0.188 e. The fourth-order valence-electron chi connectivity index (χ4n) is 4.41. The van der Waals surface area contributed by atoms with Crippen LogP contribution in [0.3, 0.4) is 0 Å². The van der Waals surface area contributed by atoms with E-state index in [4.69, 9.17) is 21.0 Å². The van der Waals surface area contributed by atoms with Gasteiger partial charge in [-0.3, -0.25) is 9.97 Å². The van der Waals surface area contributed by atoms with Crippen LogP contribution in [0.2, 0.25) is 0 Å². The molecule has 0 spiro atoms. The minimum atomic E-state index is 0.190. The van der Waals surface area contributed by atoms with Crippen LogP contribution >= 0.6 is 0 Å². The molecule has 156 valence electrons. The zero-order chi connectivity index (χ0) is 21.4. The molecule has 1 aliphatic rings. The van der Waals surface area contributed by atoms with Crippen molar-refractivity contribution in [3.8, 4) is 5.75 Å². The van der Waals surface area contributed by atoms with Crippen molar-refractivity contribution in [3.63, 3.8) is 0 Å². The molecule has 4 aromatic rings. The van der Waals surface area contributed by atoms with Crippen molar-refractivity contribution in [2.45, 2.75) is 38.3 Å². The smallest absolute Gasteiger partial charge is 0.188 e. The molecule has 0 bridgehead atoms. The number of hydrogen-bond acceptors (Lipinski definition) is 5. The molecule has 1 aliphatic heterocycles. The monoisotopic (exact) mass is 413 g/mol. The Hall–Kier alpha value is -3.50. The quantitative estimate of drug-likeness (QED) is 0.447. The molecule has 1 unspecified atom stereocenters. The lowest BCUT2D eigenvalue weighted by atomic mass is 10.0. The highest BCUT2D eigenvalue weighted by Crippen LogP contribution is 2.35. The van der Waals surface area contributed by atoms with E-state index in [1.165, 1.54) is 0 Å². The number of ether oxygens (including phenoxy) is 2. The fraction of sp³-hybridized carbons (Fsp3) is 0.333. The molecule has 31 heavy (non-hydrogen) atoms. The summed E-state index contributed by atoms with van der Waals surface area (Å²) in [5.74, 6) is 1.69. The van der Waals surface area contributed by atoms with Gasteiger partial charge in [-0.2, -0.15) is 0 Å². The van der Waals surface area contributed by atoms with E-state index in [0.717, 1.165) is 58.7 Å². The Morgan fingerprint density at radius 2 is 2.10 bits per heavy atom. The molecule has 0 N–H and O–H groups in total. The first-order valence-electron chi connectivity index (χ1n) is 10.4. The topological polar surface area (TPSA) is 66.4 Å². The van der Waals surface area contributed by atoms with Gasteiger partial charge in [0.1, 0.15) is 17.1 Å². The standard InChI is InChI=1S/C24H23N5O2/c1-15-10-18(8-9-31-15)29-23(12-17-4-6-19(30-3)13-26-17)28-22-14-27-21-7-5-16(25-2)11-20(21)24(22)29/h4-7,11,13-15,18H,8-10,12H2,1,3H3/t15-,18?/m1/s1. The van der Waals surface area contributed by atoms with Crippen LogP contribution in [-0.2, 0) is 11.2 Å². The largest absolute Gasteiger partial charge is 0.495 e. The maximum atomic E-state index is 7.44. The number of imidazole rings is 1. The first-order valence-corrected chi connectivity index (χ1v) is 10.4. The number of benzene rings is 1. The van der Waals surface area contributed by atoms with Crippen molar-refractivity contribution in [2.24, 2.45) is 0 Å². The SMILES string of the molecule is [C-]#[N+]c1ccc2ncc3nc(Cc4ccc(OC)cn4)n(C4CCO[C@H](C)C4)c3c2c1. The average molecular weight is 413 g/mol. The van der Waals surface area contributed by atoms with Gasteiger partial charge in [-0.25, -0.2) is 9.83 Å². The summed E-state index contributed by atoms with van der Waals surface area (Å²) < 4.78 is 13.4. The van der Waals surface area contributed by atoms with Crippen LogP contribution in [0.4, 0.5) is 5.69 Å². The Balaban J connectivity index is 1.70. The van der Waals surface area contributed by atoms with Gasteiger partial charge in [0.15, 0.2) is 5.69 Å². The highest BCUT2D eigenvalue weighted by molar-refractivity contribution is 6.03. The van der Waals surface area contributed by atoms with E-state index >= 15 is 0 Å². The van der Waals surface area contributed by atoms with Crippen LogP contribution in [0.1, 0.15) is 37.3 Å². The van der Waals surface area contributed by atoms with E-state index in [1.54, 1.807) is 13.3 Å². The molecule has 3 aromatic heterocycles. The maximum absolute atomic E-state index is 7.44. The van der Waals surface area contributed by atoms with Gasteiger partial charge in [-0.05, 0) is 44.0 Å². The normalized spacial score (nSPS) is 18.9. The van der Waals surface area contributed by atoms with E-state index in [0.29, 0.717) is 12.1 Å². The second-order valence-corrected chi connectivity index (χ2v) is 7.93. The van der Waals surface area contributed by atoms with E-state index in [1.807, 2.05) is 36.5 Å². The lowest BCUT2D eigenvalue weighted by Gasteiger charge is -2.30. The number of methoxy groups -OCH3 is 1. The molecule has 5 rings (SSSR count). The summed E-state index contributed by atoms with van der Waals surface area (Å²) in [5, 5.41) is 0.964. The molecule has 7 heteroatoms. The zero-order valence-electron chi connectivity index (χ0n) is 17.6. The lowest BCUT2D eigenvalue weighted by Crippen LogP contribution is -2.26. The van der Waals surface area contributed by atoms with Gasteiger partial charge >= 0.3 is 0 Å². The summed E-state index contributed by atoms with van der Waals surface area (Å²) in [6.07, 6.45) is 6.20. The second-order valence-electron chi connectivity index (χ2n) is 7.93. The minimum absolute atomic E-state index is 0.190. The van der Waals surface area contributed by atoms with Crippen molar-refractivity contribution < 1.29 is 9.47 Å². The first kappa shape index (κ1) is 19.5. The second kappa shape index (κ2) is 7.97. The van der Waals surface area contributed by atoms with Gasteiger partial charge in [0, 0.05) is 30.1 Å². The van der Waals surface area contributed by atoms with Crippen LogP contribution < -0.4 is 4.74 Å². The number of pyridine rings is 2. The first-order chi connectivity index (χ1) is 15.2. The van der Waals surface area contributed by atoms with E-state index in [2.05, 4.69) is 26.3 Å². The van der Waals surface area contributed by atoms with Crippen LogP contribution in [0.5, 0.6) is 5.75 Å². The molecular formula is C24H23N5O2. The van der Waals surface area contributed by atoms with Gasteiger partial charge in [-0.1, -0.05) is 6.07 Å². The molecule has 0 aliphatic carbocycles. The van der Waals surface area contributed by atoms with Crippen LogP contribution in [0.25, 0.3) is 26.8 Å². The molecule has 4 heterocycles. The molecule has 2 atom stereocenters. The molecule has 1 saturated heterocycles. The summed E-state index contributed by atoms with van der Waals surface area (Å²) in [5.41, 5.74) is 4.29. The predicted molar refractivity (Wildman–Crippen MR) is 119 cm³/mol. The van der Waals surface area contributed by atoms with E-state index in [9.17, 15) is 0 Å². The Labute approximate surface area is 180 Å². The fourth-order valence-corrected chi connectivity index (χ4v) is 4.41. The number of nitrogens with zero attached hydrogens (tertiary/aromatic N) is 5. The lowest BCUT2D eigenvalue weighted by molar-refractivity contribution is 0.00631.